The van der Waals surface area contributed by atoms with E-state index in [0.717, 1.165) is 54.1 Å². The van der Waals surface area contributed by atoms with Crippen LogP contribution in [0.5, 0.6) is 5.75 Å². The highest BCUT2D eigenvalue weighted by molar-refractivity contribution is 14.0. The van der Waals surface area contributed by atoms with Crippen LogP contribution in [-0.2, 0) is 17.8 Å². The number of hydrogen-bond acceptors (Lipinski definition) is 5. The molecule has 1 aliphatic rings. The van der Waals surface area contributed by atoms with E-state index in [0.29, 0.717) is 13.2 Å². The van der Waals surface area contributed by atoms with E-state index >= 15 is 0 Å². The van der Waals surface area contributed by atoms with Gasteiger partial charge < -0.3 is 20.1 Å². The number of nitrogens with one attached hydrogen (secondary N) is 2. The largest absolute Gasteiger partial charge is 0.488 e. The molecule has 1 fully saturated rings. The van der Waals surface area contributed by atoms with Crippen molar-refractivity contribution < 1.29 is 9.47 Å². The molecule has 1 atom stereocenters. The van der Waals surface area contributed by atoms with E-state index in [2.05, 4.69) is 47.7 Å². The average molecular weight is 530 g/mol. The number of nitrogens with zero attached hydrogens (tertiary/aromatic N) is 2. The Morgan fingerprint density at radius 3 is 2.79 bits per heavy atom. The molecule has 0 aliphatic carbocycles. The van der Waals surface area contributed by atoms with E-state index in [4.69, 9.17) is 14.5 Å². The molecular weight excluding hydrogens is 499 g/mol. The average Bonchev–Trinajstić information content (AvgIpc) is 3.28. The van der Waals surface area contributed by atoms with Gasteiger partial charge in [0.05, 0.1) is 37.0 Å². The lowest BCUT2D eigenvalue weighted by Crippen LogP contribution is -2.36. The fourth-order valence-electron chi connectivity index (χ4n) is 3.09. The van der Waals surface area contributed by atoms with Gasteiger partial charge in [-0.3, -0.25) is 0 Å². The summed E-state index contributed by atoms with van der Waals surface area (Å²) in [6, 6.07) is 6.30. The lowest BCUT2D eigenvalue weighted by Gasteiger charge is -2.16. The number of hydrogen-bond donors (Lipinski definition) is 2. The van der Waals surface area contributed by atoms with Crippen molar-refractivity contribution in [3.63, 3.8) is 0 Å². The molecular formula is C21H31IN4O2S. The molecule has 8 heteroatoms. The smallest absolute Gasteiger partial charge is 0.191 e. The standard InChI is InChI=1S/C21H30N4O2S.HI/c1-5-22-21(24-12-20-15(3)25-16(4)28-20)23-11-17-7-6-14(2)10-19(17)27-18-8-9-26-13-18;/h6-7,10,18H,5,8-9,11-13H2,1-4H3,(H2,22,23,24);1H. The Morgan fingerprint density at radius 1 is 1.31 bits per heavy atom. The maximum absolute atomic E-state index is 6.19. The Kier molecular flexibility index (Phi) is 9.64. The number of aliphatic imine (C=N–C) groups is 1. The minimum Gasteiger partial charge on any atom is -0.488 e. The van der Waals surface area contributed by atoms with Gasteiger partial charge in [0.2, 0.25) is 0 Å². The van der Waals surface area contributed by atoms with Crippen LogP contribution in [0.3, 0.4) is 0 Å². The minimum atomic E-state index is 0. The molecule has 0 spiro atoms. The summed E-state index contributed by atoms with van der Waals surface area (Å²) < 4.78 is 11.6. The summed E-state index contributed by atoms with van der Waals surface area (Å²) in [6.45, 7) is 11.8. The Bertz CT molecular complexity index is 819. The number of thiazole rings is 1. The highest BCUT2D eigenvalue weighted by Crippen LogP contribution is 2.24. The summed E-state index contributed by atoms with van der Waals surface area (Å²) in [5.74, 6) is 1.70. The molecule has 160 valence electrons. The van der Waals surface area contributed by atoms with Crippen LogP contribution in [-0.4, -0.2) is 36.8 Å². The van der Waals surface area contributed by atoms with E-state index in [1.165, 1.54) is 10.4 Å². The SMILES string of the molecule is CCNC(=NCc1ccc(C)cc1OC1CCOC1)NCc1sc(C)nc1C.I. The zero-order valence-electron chi connectivity index (χ0n) is 17.6. The lowest BCUT2D eigenvalue weighted by molar-refractivity contribution is 0.140. The number of rotatable bonds is 7. The molecule has 3 rings (SSSR count). The van der Waals surface area contributed by atoms with Crippen LogP contribution < -0.4 is 15.4 Å². The maximum atomic E-state index is 6.19. The van der Waals surface area contributed by atoms with Gasteiger partial charge >= 0.3 is 0 Å². The van der Waals surface area contributed by atoms with Crippen LogP contribution in [0.25, 0.3) is 0 Å². The summed E-state index contributed by atoms with van der Waals surface area (Å²) in [7, 11) is 0. The summed E-state index contributed by atoms with van der Waals surface area (Å²) in [5, 5.41) is 7.82. The normalized spacial score (nSPS) is 16.4. The fourth-order valence-corrected chi connectivity index (χ4v) is 3.97. The minimum absolute atomic E-state index is 0. The first-order chi connectivity index (χ1) is 13.5. The number of halogens is 1. The molecule has 2 N–H and O–H groups in total. The van der Waals surface area contributed by atoms with Crippen LogP contribution in [0, 0.1) is 20.8 Å². The maximum Gasteiger partial charge on any atom is 0.191 e. The van der Waals surface area contributed by atoms with Gasteiger partial charge in [-0.25, -0.2) is 9.98 Å². The molecule has 1 saturated heterocycles. The first-order valence-corrected chi connectivity index (χ1v) is 10.7. The molecule has 0 radical (unpaired) electrons. The van der Waals surface area contributed by atoms with Crippen molar-refractivity contribution in [1.82, 2.24) is 15.6 Å². The summed E-state index contributed by atoms with van der Waals surface area (Å²) >= 11 is 1.72. The van der Waals surface area contributed by atoms with Crippen LogP contribution in [0.2, 0.25) is 0 Å². The lowest BCUT2D eigenvalue weighted by atomic mass is 10.1. The number of aryl methyl sites for hydroxylation is 3. The van der Waals surface area contributed by atoms with Crippen LogP contribution in [0.4, 0.5) is 0 Å². The molecule has 29 heavy (non-hydrogen) atoms. The zero-order valence-corrected chi connectivity index (χ0v) is 20.7. The number of guanidine groups is 1. The van der Waals surface area contributed by atoms with Crippen molar-refractivity contribution in [1.29, 1.82) is 0 Å². The Labute approximate surface area is 194 Å². The van der Waals surface area contributed by atoms with Gasteiger partial charge in [-0.1, -0.05) is 12.1 Å². The van der Waals surface area contributed by atoms with Gasteiger partial charge in [-0.15, -0.1) is 35.3 Å². The van der Waals surface area contributed by atoms with Gasteiger partial charge in [0, 0.05) is 23.4 Å². The van der Waals surface area contributed by atoms with Crippen LogP contribution >= 0.6 is 35.3 Å². The van der Waals surface area contributed by atoms with Crippen LogP contribution in [0.1, 0.15) is 40.1 Å². The molecule has 0 bridgehead atoms. The molecule has 1 aromatic carbocycles. The predicted molar refractivity (Wildman–Crippen MR) is 130 cm³/mol. The van der Waals surface area contributed by atoms with Gasteiger partial charge in [0.1, 0.15) is 11.9 Å². The van der Waals surface area contributed by atoms with E-state index in [1.807, 2.05) is 13.8 Å². The van der Waals surface area contributed by atoms with Gasteiger partial charge in [0.25, 0.3) is 0 Å². The molecule has 6 nitrogen and oxygen atoms in total. The predicted octanol–water partition coefficient (Wildman–Crippen LogP) is 4.11. The second kappa shape index (κ2) is 11.7. The summed E-state index contributed by atoms with van der Waals surface area (Å²) in [4.78, 5) is 10.5. The van der Waals surface area contributed by atoms with Gasteiger partial charge in [-0.05, 0) is 39.3 Å². The van der Waals surface area contributed by atoms with Crippen molar-refractivity contribution >= 4 is 41.3 Å². The molecule has 2 heterocycles. The molecule has 1 unspecified atom stereocenters. The van der Waals surface area contributed by atoms with Crippen molar-refractivity contribution in [2.75, 3.05) is 19.8 Å². The highest BCUT2D eigenvalue weighted by Gasteiger charge is 2.18. The molecule has 0 amide bonds. The molecule has 0 saturated carbocycles. The Morgan fingerprint density at radius 2 is 2.14 bits per heavy atom. The van der Waals surface area contributed by atoms with Crippen molar-refractivity contribution in [2.45, 2.75) is 53.3 Å². The van der Waals surface area contributed by atoms with Crippen molar-refractivity contribution in [2.24, 2.45) is 4.99 Å². The first kappa shape index (κ1) is 23.9. The van der Waals surface area contributed by atoms with E-state index in [1.54, 1.807) is 11.3 Å². The summed E-state index contributed by atoms with van der Waals surface area (Å²) in [5.41, 5.74) is 3.35. The second-order valence-electron chi connectivity index (χ2n) is 7.00. The topological polar surface area (TPSA) is 67.8 Å². The molecule has 2 aromatic rings. The monoisotopic (exact) mass is 530 g/mol. The second-order valence-corrected chi connectivity index (χ2v) is 8.29. The van der Waals surface area contributed by atoms with Gasteiger partial charge in [0.15, 0.2) is 5.96 Å². The van der Waals surface area contributed by atoms with E-state index < -0.39 is 0 Å². The van der Waals surface area contributed by atoms with E-state index in [9.17, 15) is 0 Å². The third-order valence-corrected chi connectivity index (χ3v) is 5.64. The number of aromatic nitrogens is 1. The highest BCUT2D eigenvalue weighted by atomic mass is 127. The Hall–Kier alpha value is -1.39. The number of ether oxygens (including phenoxy) is 2. The van der Waals surface area contributed by atoms with Crippen molar-refractivity contribution in [3.8, 4) is 5.75 Å². The molecule has 1 aliphatic heterocycles. The zero-order chi connectivity index (χ0) is 19.9. The van der Waals surface area contributed by atoms with Crippen LogP contribution in [0.15, 0.2) is 23.2 Å². The fraction of sp³-hybridized carbons (Fsp3) is 0.524. The van der Waals surface area contributed by atoms with Crippen molar-refractivity contribution in [3.05, 3.63) is 44.9 Å². The third-order valence-electron chi connectivity index (χ3n) is 4.57. The molecule has 1 aromatic heterocycles. The first-order valence-electron chi connectivity index (χ1n) is 9.84. The van der Waals surface area contributed by atoms with Gasteiger partial charge in [-0.2, -0.15) is 0 Å². The van der Waals surface area contributed by atoms with E-state index in [-0.39, 0.29) is 30.1 Å². The Balaban J connectivity index is 0.00000300. The summed E-state index contributed by atoms with van der Waals surface area (Å²) in [6.07, 6.45) is 1.07. The number of benzene rings is 1. The quantitative estimate of drug-likeness (QED) is 0.321. The third kappa shape index (κ3) is 7.11.